The number of nitrogens with zero attached hydrogens (tertiary/aromatic N) is 1. The molecule has 7 heteroatoms. The highest BCUT2D eigenvalue weighted by Crippen LogP contribution is 2.75. The average molecular weight is 560 g/mol. The van der Waals surface area contributed by atoms with E-state index in [2.05, 4.69) is 39.5 Å². The van der Waals surface area contributed by atoms with Gasteiger partial charge in [0.2, 0.25) is 5.70 Å². The van der Waals surface area contributed by atoms with Gasteiger partial charge in [0, 0.05) is 30.1 Å². The molecule has 5 aliphatic carbocycles. The SMILES string of the molecule is [C-]#[N+]C1=C[C@]2(C)[C@H]3CC(=O)[C@@H]4[C@@H]5CC(C)(C)CC[C@]5(C(=O)CCC(F)(F)F)CC[C@@]4(C)[C@]3(C)CC[C@H]2[C@H](C)C1=O. The molecule has 0 heterocycles. The molecule has 4 fully saturated rings. The Morgan fingerprint density at radius 1 is 1.00 bits per heavy atom. The molecule has 0 aromatic carbocycles. The van der Waals surface area contributed by atoms with E-state index in [-0.39, 0.29) is 63.5 Å². The van der Waals surface area contributed by atoms with E-state index >= 15 is 0 Å². The summed E-state index contributed by atoms with van der Waals surface area (Å²) in [7, 11) is 0. The van der Waals surface area contributed by atoms with Gasteiger partial charge < -0.3 is 4.79 Å². The molecule has 4 nitrogen and oxygen atoms in total. The van der Waals surface area contributed by atoms with E-state index in [4.69, 9.17) is 6.57 Å². The molecule has 0 aromatic heterocycles. The number of halogens is 3. The van der Waals surface area contributed by atoms with Crippen molar-refractivity contribution in [2.75, 3.05) is 0 Å². The lowest BCUT2D eigenvalue weighted by Crippen LogP contribution is -2.68. The van der Waals surface area contributed by atoms with Crippen LogP contribution in [0.4, 0.5) is 13.2 Å². The average Bonchev–Trinajstić information content (AvgIpc) is 2.85. The Hall–Kier alpha value is -1.97. The summed E-state index contributed by atoms with van der Waals surface area (Å²) in [6.45, 7) is 20.5. The third-order valence-corrected chi connectivity index (χ3v) is 13.3. The van der Waals surface area contributed by atoms with Gasteiger partial charge in [-0.05, 0) is 84.4 Å². The standard InChI is InChI=1S/C33H44F3NO3/c1-19-20-8-10-30(5)24(29(20,4)18-22(37-7)27(19)40)16-23(38)26-21-17-28(2,3)12-14-32(21,15-13-31(26,30)6)25(39)9-11-33(34,35)36/h18-21,24,26H,8-17H2,1-6H3/t19-,20-,21-,24+,26-,29-,30+,31+,32-/m0/s1. The minimum atomic E-state index is -4.38. The van der Waals surface area contributed by atoms with Crippen LogP contribution in [-0.4, -0.2) is 23.5 Å². The van der Waals surface area contributed by atoms with Crippen molar-refractivity contribution < 1.29 is 27.6 Å². The predicted octanol–water partition coefficient (Wildman–Crippen LogP) is 8.16. The molecule has 0 amide bonds. The zero-order valence-electron chi connectivity index (χ0n) is 24.8. The minimum absolute atomic E-state index is 0.0372. The molecule has 9 atom stereocenters. The van der Waals surface area contributed by atoms with Crippen molar-refractivity contribution in [3.05, 3.63) is 23.2 Å². The summed E-state index contributed by atoms with van der Waals surface area (Å²) < 4.78 is 39.5. The second-order valence-electron chi connectivity index (χ2n) is 15.5. The van der Waals surface area contributed by atoms with Crippen molar-refractivity contribution in [1.82, 2.24) is 0 Å². The number of alkyl halides is 3. The fourth-order valence-corrected chi connectivity index (χ4v) is 10.9. The van der Waals surface area contributed by atoms with E-state index in [1.807, 2.05) is 13.0 Å². The summed E-state index contributed by atoms with van der Waals surface area (Å²) in [6, 6.07) is 0. The van der Waals surface area contributed by atoms with Crippen molar-refractivity contribution in [2.45, 2.75) is 112 Å². The zero-order valence-corrected chi connectivity index (χ0v) is 24.8. The molecule has 5 rings (SSSR count). The van der Waals surface area contributed by atoms with E-state index < -0.39 is 35.3 Å². The van der Waals surface area contributed by atoms with E-state index in [0.717, 1.165) is 19.3 Å². The number of carbonyl (C=O) groups is 3. The van der Waals surface area contributed by atoms with Crippen LogP contribution in [0, 0.1) is 63.2 Å². The highest BCUT2D eigenvalue weighted by molar-refractivity contribution is 6.00. The first-order chi connectivity index (χ1) is 18.4. The Bertz CT molecular complexity index is 1210. The number of rotatable bonds is 3. The zero-order chi connectivity index (χ0) is 29.7. The Kier molecular flexibility index (Phi) is 6.65. The quantitative estimate of drug-likeness (QED) is 0.328. The largest absolute Gasteiger partial charge is 0.389 e. The van der Waals surface area contributed by atoms with E-state index in [9.17, 15) is 27.6 Å². The Morgan fingerprint density at radius 3 is 2.27 bits per heavy atom. The van der Waals surface area contributed by atoms with Crippen molar-refractivity contribution in [3.63, 3.8) is 0 Å². The van der Waals surface area contributed by atoms with Crippen LogP contribution in [0.2, 0.25) is 0 Å². The smallest absolute Gasteiger partial charge is 0.308 e. The van der Waals surface area contributed by atoms with Crippen molar-refractivity contribution in [1.29, 1.82) is 0 Å². The van der Waals surface area contributed by atoms with Crippen LogP contribution in [0.25, 0.3) is 4.85 Å². The summed E-state index contributed by atoms with van der Waals surface area (Å²) in [4.78, 5) is 44.7. The first-order valence-electron chi connectivity index (χ1n) is 15.1. The molecule has 0 aliphatic heterocycles. The maximum Gasteiger partial charge on any atom is 0.389 e. The summed E-state index contributed by atoms with van der Waals surface area (Å²) in [6.07, 6.45) is 1.08. The predicted molar refractivity (Wildman–Crippen MR) is 146 cm³/mol. The molecule has 220 valence electrons. The monoisotopic (exact) mass is 559 g/mol. The lowest BCUT2D eigenvalue weighted by atomic mass is 9.32. The number of hydrogen-bond acceptors (Lipinski definition) is 3. The lowest BCUT2D eigenvalue weighted by molar-refractivity contribution is -0.218. The van der Waals surface area contributed by atoms with Crippen LogP contribution in [0.3, 0.4) is 0 Å². The third-order valence-electron chi connectivity index (χ3n) is 13.3. The molecule has 0 saturated heterocycles. The van der Waals surface area contributed by atoms with Gasteiger partial charge in [0.15, 0.2) is 5.78 Å². The lowest BCUT2D eigenvalue weighted by Gasteiger charge is -2.71. The number of carbonyl (C=O) groups excluding carboxylic acids is 3. The maximum atomic E-state index is 14.5. The summed E-state index contributed by atoms with van der Waals surface area (Å²) in [5.74, 6) is -1.14. The van der Waals surface area contributed by atoms with Gasteiger partial charge in [0.25, 0.3) is 0 Å². The van der Waals surface area contributed by atoms with Gasteiger partial charge in [-0.1, -0.05) is 47.6 Å². The molecule has 0 N–H and O–H groups in total. The van der Waals surface area contributed by atoms with Gasteiger partial charge in [-0.15, -0.1) is 0 Å². The number of fused-ring (bicyclic) bond motifs is 7. The molecular weight excluding hydrogens is 515 g/mol. The van der Waals surface area contributed by atoms with Crippen LogP contribution in [0.15, 0.2) is 11.8 Å². The van der Waals surface area contributed by atoms with Crippen LogP contribution in [0.1, 0.15) is 106 Å². The van der Waals surface area contributed by atoms with Crippen LogP contribution < -0.4 is 0 Å². The normalized spacial score (nSPS) is 46.2. The van der Waals surface area contributed by atoms with Gasteiger partial charge in [-0.2, -0.15) is 13.2 Å². The molecule has 0 unspecified atom stereocenters. The molecule has 5 aliphatic rings. The number of allylic oxidation sites excluding steroid dienone is 2. The van der Waals surface area contributed by atoms with Gasteiger partial charge >= 0.3 is 6.18 Å². The first kappa shape index (κ1) is 29.5. The topological polar surface area (TPSA) is 55.6 Å². The third kappa shape index (κ3) is 4.01. The molecule has 40 heavy (non-hydrogen) atoms. The van der Waals surface area contributed by atoms with Gasteiger partial charge in [-0.25, -0.2) is 4.85 Å². The molecule has 0 spiro atoms. The molecular formula is C33H44F3NO3. The van der Waals surface area contributed by atoms with Gasteiger partial charge in [0.05, 0.1) is 13.0 Å². The number of hydrogen-bond donors (Lipinski definition) is 0. The summed E-state index contributed by atoms with van der Waals surface area (Å²) >= 11 is 0. The summed E-state index contributed by atoms with van der Waals surface area (Å²) in [5.41, 5.74) is -1.92. The highest BCUT2D eigenvalue weighted by Gasteiger charge is 2.72. The molecule has 4 saturated carbocycles. The molecule has 0 aromatic rings. The first-order valence-corrected chi connectivity index (χ1v) is 15.1. The Morgan fingerprint density at radius 2 is 1.65 bits per heavy atom. The van der Waals surface area contributed by atoms with Gasteiger partial charge in [-0.3, -0.25) is 9.59 Å². The van der Waals surface area contributed by atoms with Crippen LogP contribution in [0.5, 0.6) is 0 Å². The maximum absolute atomic E-state index is 14.5. The van der Waals surface area contributed by atoms with E-state index in [1.165, 1.54) is 0 Å². The minimum Gasteiger partial charge on any atom is -0.308 e. The Labute approximate surface area is 236 Å². The van der Waals surface area contributed by atoms with E-state index in [0.29, 0.717) is 32.1 Å². The Balaban J connectivity index is 1.58. The second-order valence-corrected chi connectivity index (χ2v) is 15.5. The van der Waals surface area contributed by atoms with Crippen LogP contribution in [-0.2, 0) is 14.4 Å². The fourth-order valence-electron chi connectivity index (χ4n) is 10.9. The van der Waals surface area contributed by atoms with Gasteiger partial charge in [0.1, 0.15) is 11.6 Å². The van der Waals surface area contributed by atoms with Crippen molar-refractivity contribution in [2.24, 2.45) is 56.7 Å². The highest BCUT2D eigenvalue weighted by atomic mass is 19.4. The second kappa shape index (κ2) is 9.01. The van der Waals surface area contributed by atoms with Crippen molar-refractivity contribution in [3.8, 4) is 0 Å². The molecule has 0 bridgehead atoms. The molecule has 0 radical (unpaired) electrons. The fraction of sp³-hybridized carbons (Fsp3) is 0.818. The van der Waals surface area contributed by atoms with E-state index in [1.54, 1.807) is 0 Å². The number of ketones is 3. The van der Waals surface area contributed by atoms with Crippen LogP contribution >= 0.6 is 0 Å². The number of Topliss-reactive ketones (excluding diaryl/α,β-unsaturated/α-hetero) is 3. The summed E-state index contributed by atoms with van der Waals surface area (Å²) in [5, 5.41) is 0. The van der Waals surface area contributed by atoms with Crippen molar-refractivity contribution >= 4 is 17.3 Å².